The lowest BCUT2D eigenvalue weighted by molar-refractivity contribution is 0.207. The Balaban J connectivity index is 1.23. The van der Waals surface area contributed by atoms with E-state index in [2.05, 4.69) is 48.2 Å². The maximum Gasteiger partial charge on any atom is 0.241 e. The van der Waals surface area contributed by atoms with Gasteiger partial charge in [0, 0.05) is 19.1 Å². The molecular formula is C24H29ClN10S. The van der Waals surface area contributed by atoms with E-state index in [0.717, 1.165) is 52.0 Å². The molecule has 2 aliphatic rings. The second-order valence-electron chi connectivity index (χ2n) is 9.57. The Morgan fingerprint density at radius 2 is 1.81 bits per heavy atom. The SMILES string of the molecule is Cc1cc(Nc2nc(N)nn2-c2nc(Cl)nc3c(C)csc23)cnc1N1CCC(N2CCCC2)CC1. The molecular weight excluding hydrogens is 496 g/mol. The second-order valence-corrected chi connectivity index (χ2v) is 10.8. The molecule has 0 bridgehead atoms. The van der Waals surface area contributed by atoms with E-state index in [1.165, 1.54) is 50.1 Å². The lowest BCUT2D eigenvalue weighted by atomic mass is 10.0. The molecule has 4 aromatic rings. The number of nitrogens with one attached hydrogen (secondary N) is 1. The molecule has 188 valence electrons. The zero-order chi connectivity index (χ0) is 24.8. The van der Waals surface area contributed by atoms with Gasteiger partial charge in [-0.1, -0.05) is 0 Å². The predicted molar refractivity (Wildman–Crippen MR) is 145 cm³/mol. The Morgan fingerprint density at radius 1 is 1.03 bits per heavy atom. The molecule has 0 aromatic carbocycles. The van der Waals surface area contributed by atoms with Crippen molar-refractivity contribution in [3.8, 4) is 5.82 Å². The molecule has 0 radical (unpaired) electrons. The first-order valence-corrected chi connectivity index (χ1v) is 13.6. The van der Waals surface area contributed by atoms with Gasteiger partial charge in [0.15, 0.2) is 5.82 Å². The first-order chi connectivity index (χ1) is 17.5. The maximum atomic E-state index is 6.23. The number of piperidine rings is 1. The molecule has 36 heavy (non-hydrogen) atoms. The average molecular weight is 525 g/mol. The monoisotopic (exact) mass is 524 g/mol. The summed E-state index contributed by atoms with van der Waals surface area (Å²) in [7, 11) is 0. The van der Waals surface area contributed by atoms with Crippen LogP contribution in [0.15, 0.2) is 17.6 Å². The van der Waals surface area contributed by atoms with Crippen LogP contribution < -0.4 is 16.0 Å². The Kier molecular flexibility index (Phi) is 6.14. The van der Waals surface area contributed by atoms with Crippen LogP contribution in [-0.4, -0.2) is 66.8 Å². The van der Waals surface area contributed by atoms with Crippen LogP contribution in [0.3, 0.4) is 0 Å². The van der Waals surface area contributed by atoms with Gasteiger partial charge in [-0.3, -0.25) is 0 Å². The van der Waals surface area contributed by atoms with Crippen molar-refractivity contribution in [1.29, 1.82) is 0 Å². The van der Waals surface area contributed by atoms with Gasteiger partial charge in [-0.2, -0.15) is 14.6 Å². The Bertz CT molecular complexity index is 1400. The number of rotatable bonds is 5. The van der Waals surface area contributed by atoms with Crippen LogP contribution in [0.25, 0.3) is 16.0 Å². The standard InChI is InChI=1S/C24H29ClN10S/c1-14-11-16(12-27-20(14)34-9-5-17(6-10-34)33-7-3-4-8-33)28-24-31-23(26)32-35(24)21-19-18(15(2)13-36-19)29-22(25)30-21/h11-13,17H,3-10H2,1-2H3,(H3,26,28,31,32). The van der Waals surface area contributed by atoms with Gasteiger partial charge >= 0.3 is 0 Å². The summed E-state index contributed by atoms with van der Waals surface area (Å²) < 4.78 is 2.44. The highest BCUT2D eigenvalue weighted by molar-refractivity contribution is 7.17. The minimum atomic E-state index is 0.135. The van der Waals surface area contributed by atoms with Crippen LogP contribution in [0, 0.1) is 13.8 Å². The first kappa shape index (κ1) is 23.4. The largest absolute Gasteiger partial charge is 0.366 e. The molecule has 6 heterocycles. The third kappa shape index (κ3) is 4.35. The number of nitrogens with zero attached hydrogens (tertiary/aromatic N) is 8. The minimum absolute atomic E-state index is 0.135. The zero-order valence-electron chi connectivity index (χ0n) is 20.4. The minimum Gasteiger partial charge on any atom is -0.366 e. The predicted octanol–water partition coefficient (Wildman–Crippen LogP) is 4.33. The van der Waals surface area contributed by atoms with Crippen molar-refractivity contribution in [1.82, 2.24) is 34.6 Å². The van der Waals surface area contributed by atoms with E-state index in [4.69, 9.17) is 22.3 Å². The van der Waals surface area contributed by atoms with E-state index in [9.17, 15) is 0 Å². The van der Waals surface area contributed by atoms with Crippen molar-refractivity contribution in [2.45, 2.75) is 45.6 Å². The number of nitrogen functional groups attached to an aromatic ring is 1. The molecule has 0 atom stereocenters. The molecule has 12 heteroatoms. The van der Waals surface area contributed by atoms with Crippen LogP contribution in [0.1, 0.15) is 36.8 Å². The Morgan fingerprint density at radius 3 is 2.56 bits per heavy atom. The van der Waals surface area contributed by atoms with Crippen molar-refractivity contribution in [2.24, 2.45) is 0 Å². The number of aryl methyl sites for hydroxylation is 2. The molecule has 0 amide bonds. The van der Waals surface area contributed by atoms with Crippen molar-refractivity contribution >= 4 is 56.6 Å². The van der Waals surface area contributed by atoms with Crippen LogP contribution in [-0.2, 0) is 0 Å². The van der Waals surface area contributed by atoms with Crippen LogP contribution >= 0.6 is 22.9 Å². The Labute approximate surface area is 218 Å². The average Bonchev–Trinajstić information content (AvgIpc) is 3.60. The number of pyridine rings is 1. The van der Waals surface area contributed by atoms with E-state index in [1.54, 1.807) is 4.68 Å². The number of likely N-dealkylation sites (tertiary alicyclic amines) is 1. The van der Waals surface area contributed by atoms with Crippen LogP contribution in [0.5, 0.6) is 0 Å². The molecule has 2 aliphatic heterocycles. The lowest BCUT2D eigenvalue weighted by Crippen LogP contribution is -2.44. The van der Waals surface area contributed by atoms with Gasteiger partial charge in [0.1, 0.15) is 5.82 Å². The van der Waals surface area contributed by atoms with E-state index in [-0.39, 0.29) is 11.2 Å². The highest BCUT2D eigenvalue weighted by Crippen LogP contribution is 2.32. The summed E-state index contributed by atoms with van der Waals surface area (Å²) in [6.45, 7) is 8.69. The maximum absolute atomic E-state index is 6.23. The lowest BCUT2D eigenvalue weighted by Gasteiger charge is -2.37. The summed E-state index contributed by atoms with van der Waals surface area (Å²) >= 11 is 7.77. The van der Waals surface area contributed by atoms with Gasteiger partial charge in [-0.05, 0) is 86.8 Å². The summed E-state index contributed by atoms with van der Waals surface area (Å²) in [6.07, 6.45) is 6.92. The van der Waals surface area contributed by atoms with Gasteiger partial charge in [0.05, 0.1) is 22.1 Å². The van der Waals surface area contributed by atoms with Crippen molar-refractivity contribution in [2.75, 3.05) is 42.1 Å². The number of halogens is 1. The summed E-state index contributed by atoms with van der Waals surface area (Å²) in [4.78, 5) is 23.1. The van der Waals surface area contributed by atoms with Gasteiger partial charge in [0.2, 0.25) is 17.2 Å². The Hall–Kier alpha value is -3.02. The van der Waals surface area contributed by atoms with Crippen LogP contribution in [0.4, 0.5) is 23.4 Å². The topological polar surface area (TPSA) is 114 Å². The summed E-state index contributed by atoms with van der Waals surface area (Å²) in [5.41, 5.74) is 9.72. The third-order valence-electron chi connectivity index (χ3n) is 7.10. The van der Waals surface area contributed by atoms with E-state index < -0.39 is 0 Å². The number of thiophene rings is 1. The van der Waals surface area contributed by atoms with Gasteiger partial charge in [0.25, 0.3) is 0 Å². The fourth-order valence-electron chi connectivity index (χ4n) is 5.34. The molecule has 10 nitrogen and oxygen atoms in total. The number of fused-ring (bicyclic) bond motifs is 1. The molecule has 2 fully saturated rings. The molecule has 4 aromatic heterocycles. The number of aromatic nitrogens is 6. The number of nitrogens with two attached hydrogens (primary N) is 1. The summed E-state index contributed by atoms with van der Waals surface area (Å²) in [5.74, 6) is 2.16. The molecule has 0 saturated carbocycles. The summed E-state index contributed by atoms with van der Waals surface area (Å²) in [6, 6.07) is 2.80. The molecule has 3 N–H and O–H groups in total. The molecule has 0 unspecified atom stereocenters. The van der Waals surface area contributed by atoms with Crippen molar-refractivity contribution < 1.29 is 0 Å². The first-order valence-electron chi connectivity index (χ1n) is 12.3. The molecule has 6 rings (SSSR count). The van der Waals surface area contributed by atoms with Crippen molar-refractivity contribution in [3.05, 3.63) is 34.1 Å². The highest BCUT2D eigenvalue weighted by Gasteiger charge is 2.27. The molecule has 0 spiro atoms. The molecule has 0 aliphatic carbocycles. The van der Waals surface area contributed by atoms with Gasteiger partial charge < -0.3 is 20.9 Å². The van der Waals surface area contributed by atoms with Crippen molar-refractivity contribution in [3.63, 3.8) is 0 Å². The molecule has 2 saturated heterocycles. The van der Waals surface area contributed by atoms with Gasteiger partial charge in [-0.15, -0.1) is 16.4 Å². The highest BCUT2D eigenvalue weighted by atomic mass is 35.5. The summed E-state index contributed by atoms with van der Waals surface area (Å²) in [5, 5.41) is 9.87. The number of anilines is 4. The quantitative estimate of drug-likeness (QED) is 0.368. The smallest absolute Gasteiger partial charge is 0.241 e. The normalized spacial score (nSPS) is 17.4. The van der Waals surface area contributed by atoms with Gasteiger partial charge in [-0.25, -0.2) is 9.97 Å². The van der Waals surface area contributed by atoms with E-state index in [0.29, 0.717) is 11.8 Å². The second kappa shape index (κ2) is 9.45. The number of hydrogen-bond donors (Lipinski definition) is 2. The zero-order valence-corrected chi connectivity index (χ0v) is 22.0. The third-order valence-corrected chi connectivity index (χ3v) is 8.35. The number of hydrogen-bond acceptors (Lipinski definition) is 10. The van der Waals surface area contributed by atoms with E-state index in [1.807, 2.05) is 18.5 Å². The fraction of sp³-hybridized carbons (Fsp3) is 0.458. The fourth-order valence-corrected chi connectivity index (χ4v) is 6.46. The van der Waals surface area contributed by atoms with E-state index >= 15 is 0 Å². The van der Waals surface area contributed by atoms with Crippen LogP contribution in [0.2, 0.25) is 5.28 Å².